The van der Waals surface area contributed by atoms with Gasteiger partial charge in [0.15, 0.2) is 0 Å². The highest BCUT2D eigenvalue weighted by atomic mass is 32.1. The van der Waals surface area contributed by atoms with Crippen molar-refractivity contribution in [1.82, 2.24) is 0 Å². The first-order chi connectivity index (χ1) is 18.3. The standard InChI is InChI=1S/C36H22S/c1-2-12-29-27(10-1)28-11-3-4-13-30(28)34-21-25(16-18-31(29)34)23-8-7-9-24(20-23)26-17-19-33-32-14-5-6-15-35(32)37-36(33)22-26/h1-22H. The minimum Gasteiger partial charge on any atom is -0.135 e. The van der Waals surface area contributed by atoms with Crippen LogP contribution in [0.4, 0.5) is 0 Å². The molecule has 0 N–H and O–H groups in total. The van der Waals surface area contributed by atoms with Gasteiger partial charge in [0.2, 0.25) is 0 Å². The molecule has 0 saturated heterocycles. The highest BCUT2D eigenvalue weighted by Crippen LogP contribution is 2.39. The average Bonchev–Trinajstić information content (AvgIpc) is 3.35. The molecule has 0 unspecified atom stereocenters. The van der Waals surface area contributed by atoms with Gasteiger partial charge in [-0.3, -0.25) is 0 Å². The second-order valence-corrected chi connectivity index (χ2v) is 10.8. The first-order valence-electron chi connectivity index (χ1n) is 12.7. The molecule has 0 atom stereocenters. The van der Waals surface area contributed by atoms with Gasteiger partial charge in [-0.25, -0.2) is 0 Å². The van der Waals surface area contributed by atoms with E-state index in [2.05, 4.69) is 133 Å². The molecule has 0 aliphatic heterocycles. The van der Waals surface area contributed by atoms with Crippen LogP contribution in [0, 0.1) is 0 Å². The summed E-state index contributed by atoms with van der Waals surface area (Å²) in [6.07, 6.45) is 0. The zero-order valence-corrected chi connectivity index (χ0v) is 20.9. The van der Waals surface area contributed by atoms with E-state index in [0.29, 0.717) is 0 Å². The number of fused-ring (bicyclic) bond motifs is 9. The van der Waals surface area contributed by atoms with Gasteiger partial charge in [0.05, 0.1) is 0 Å². The highest BCUT2D eigenvalue weighted by molar-refractivity contribution is 7.25. The molecule has 0 amide bonds. The molecule has 1 heterocycles. The molecule has 37 heavy (non-hydrogen) atoms. The largest absolute Gasteiger partial charge is 0.135 e. The van der Waals surface area contributed by atoms with Crippen molar-refractivity contribution in [3.63, 3.8) is 0 Å². The third-order valence-corrected chi connectivity index (χ3v) is 8.79. The fourth-order valence-electron chi connectivity index (χ4n) is 5.87. The van der Waals surface area contributed by atoms with Gasteiger partial charge >= 0.3 is 0 Å². The molecule has 0 nitrogen and oxygen atoms in total. The van der Waals surface area contributed by atoms with Crippen LogP contribution in [0.2, 0.25) is 0 Å². The Kier molecular flexibility index (Phi) is 4.49. The Bertz CT molecular complexity index is 2110. The summed E-state index contributed by atoms with van der Waals surface area (Å²) in [6, 6.07) is 49.0. The van der Waals surface area contributed by atoms with Crippen molar-refractivity contribution < 1.29 is 0 Å². The number of hydrogen-bond donors (Lipinski definition) is 0. The van der Waals surface area contributed by atoms with Crippen molar-refractivity contribution in [3.05, 3.63) is 133 Å². The molecule has 0 saturated carbocycles. The number of benzene rings is 7. The zero-order valence-electron chi connectivity index (χ0n) is 20.1. The summed E-state index contributed by atoms with van der Waals surface area (Å²) in [5.41, 5.74) is 5.00. The Labute approximate surface area is 219 Å². The maximum atomic E-state index is 2.37. The van der Waals surface area contributed by atoms with Crippen LogP contribution in [0.3, 0.4) is 0 Å². The fourth-order valence-corrected chi connectivity index (χ4v) is 7.02. The van der Waals surface area contributed by atoms with E-state index >= 15 is 0 Å². The lowest BCUT2D eigenvalue weighted by Crippen LogP contribution is -1.85. The van der Waals surface area contributed by atoms with E-state index in [9.17, 15) is 0 Å². The predicted molar refractivity (Wildman–Crippen MR) is 163 cm³/mol. The van der Waals surface area contributed by atoms with Crippen LogP contribution in [0.5, 0.6) is 0 Å². The maximum absolute atomic E-state index is 2.37. The molecule has 0 bridgehead atoms. The van der Waals surface area contributed by atoms with Crippen molar-refractivity contribution in [3.8, 4) is 22.3 Å². The van der Waals surface area contributed by atoms with Crippen molar-refractivity contribution in [2.75, 3.05) is 0 Å². The Morgan fingerprint density at radius 2 is 0.730 bits per heavy atom. The van der Waals surface area contributed by atoms with Gasteiger partial charge in [0, 0.05) is 20.2 Å². The molecule has 0 fully saturated rings. The zero-order chi connectivity index (χ0) is 24.3. The van der Waals surface area contributed by atoms with Crippen LogP contribution < -0.4 is 0 Å². The van der Waals surface area contributed by atoms with E-state index in [1.807, 2.05) is 11.3 Å². The van der Waals surface area contributed by atoms with E-state index in [1.54, 1.807) is 0 Å². The molecule has 7 aromatic carbocycles. The van der Waals surface area contributed by atoms with Gasteiger partial charge in [-0.1, -0.05) is 109 Å². The lowest BCUT2D eigenvalue weighted by atomic mass is 9.91. The second-order valence-electron chi connectivity index (χ2n) is 9.74. The Morgan fingerprint density at radius 3 is 1.41 bits per heavy atom. The molecular weight excluding hydrogens is 464 g/mol. The van der Waals surface area contributed by atoms with E-state index in [0.717, 1.165) is 0 Å². The van der Waals surface area contributed by atoms with Crippen LogP contribution >= 0.6 is 11.3 Å². The van der Waals surface area contributed by atoms with Crippen LogP contribution in [-0.2, 0) is 0 Å². The van der Waals surface area contributed by atoms with Gasteiger partial charge in [0.1, 0.15) is 0 Å². The molecule has 8 rings (SSSR count). The molecule has 0 aliphatic rings. The summed E-state index contributed by atoms with van der Waals surface area (Å²) in [5.74, 6) is 0. The average molecular weight is 487 g/mol. The van der Waals surface area contributed by atoms with E-state index < -0.39 is 0 Å². The monoisotopic (exact) mass is 486 g/mol. The molecule has 8 aromatic rings. The van der Waals surface area contributed by atoms with Crippen LogP contribution in [0.15, 0.2) is 133 Å². The van der Waals surface area contributed by atoms with Crippen LogP contribution in [0.1, 0.15) is 0 Å². The predicted octanol–water partition coefficient (Wildman–Crippen LogP) is 10.8. The lowest BCUT2D eigenvalue weighted by Gasteiger charge is -2.12. The third-order valence-electron chi connectivity index (χ3n) is 7.65. The van der Waals surface area contributed by atoms with Crippen molar-refractivity contribution in [2.24, 2.45) is 0 Å². The number of rotatable bonds is 2. The summed E-state index contributed by atoms with van der Waals surface area (Å²) >= 11 is 1.87. The molecule has 0 spiro atoms. The summed E-state index contributed by atoms with van der Waals surface area (Å²) in [4.78, 5) is 0. The van der Waals surface area contributed by atoms with E-state index in [-0.39, 0.29) is 0 Å². The summed E-state index contributed by atoms with van der Waals surface area (Å²) in [6.45, 7) is 0. The number of hydrogen-bond acceptors (Lipinski definition) is 1. The minimum absolute atomic E-state index is 1.24. The van der Waals surface area contributed by atoms with Crippen LogP contribution in [-0.4, -0.2) is 0 Å². The topological polar surface area (TPSA) is 0 Å². The summed E-state index contributed by atoms with van der Waals surface area (Å²) in [7, 11) is 0. The lowest BCUT2D eigenvalue weighted by molar-refractivity contribution is 1.62. The van der Waals surface area contributed by atoms with Crippen LogP contribution in [0.25, 0.3) is 74.7 Å². The quantitative estimate of drug-likeness (QED) is 0.213. The van der Waals surface area contributed by atoms with Gasteiger partial charge in [-0.15, -0.1) is 11.3 Å². The summed E-state index contributed by atoms with van der Waals surface area (Å²) < 4.78 is 2.69. The van der Waals surface area contributed by atoms with Crippen molar-refractivity contribution in [2.45, 2.75) is 0 Å². The Hall–Kier alpha value is -4.46. The normalized spacial score (nSPS) is 11.8. The molecular formula is C36H22S. The van der Waals surface area contributed by atoms with E-state index in [4.69, 9.17) is 0 Å². The minimum atomic E-state index is 1.24. The Morgan fingerprint density at radius 1 is 0.270 bits per heavy atom. The molecule has 1 aromatic heterocycles. The Balaban J connectivity index is 1.30. The van der Waals surface area contributed by atoms with E-state index in [1.165, 1.54) is 74.7 Å². The van der Waals surface area contributed by atoms with Gasteiger partial charge in [0.25, 0.3) is 0 Å². The SMILES string of the molecule is c1cc(-c2ccc3c(c2)sc2ccccc23)cc(-c2ccc3c4ccccc4c4ccccc4c3c2)c1. The van der Waals surface area contributed by atoms with Gasteiger partial charge in [-0.05, 0) is 78.8 Å². The fraction of sp³-hybridized carbons (Fsp3) is 0. The highest BCUT2D eigenvalue weighted by Gasteiger charge is 2.11. The van der Waals surface area contributed by atoms with Crippen molar-refractivity contribution >= 4 is 63.8 Å². The number of thiophene rings is 1. The van der Waals surface area contributed by atoms with Crippen molar-refractivity contribution in [1.29, 1.82) is 0 Å². The summed E-state index contributed by atoms with van der Waals surface area (Å²) in [5, 5.41) is 10.6. The molecule has 1 heteroatoms. The van der Waals surface area contributed by atoms with Gasteiger partial charge < -0.3 is 0 Å². The first-order valence-corrected chi connectivity index (χ1v) is 13.5. The van der Waals surface area contributed by atoms with Gasteiger partial charge in [-0.2, -0.15) is 0 Å². The second kappa shape index (κ2) is 8.03. The first kappa shape index (κ1) is 20.7. The maximum Gasteiger partial charge on any atom is 0.0361 e. The molecule has 172 valence electrons. The third kappa shape index (κ3) is 3.21. The molecule has 0 radical (unpaired) electrons. The molecule has 0 aliphatic carbocycles. The smallest absolute Gasteiger partial charge is 0.0361 e.